The Labute approximate surface area is 392 Å². The number of hydrogen-bond acceptors (Lipinski definition) is 8. The fourth-order valence-corrected chi connectivity index (χ4v) is 11.1. The maximum Gasteiger partial charge on any atom is 0.313 e. The summed E-state index contributed by atoms with van der Waals surface area (Å²) in [6.07, 6.45) is 24.1. The average Bonchev–Trinajstić information content (AvgIpc) is 3.23. The number of carbonyl (C=O) groups is 4. The molecule has 2 aliphatic rings. The lowest BCUT2D eigenvalue weighted by Crippen LogP contribution is -2.60. The van der Waals surface area contributed by atoms with Crippen molar-refractivity contribution in [1.82, 2.24) is 9.80 Å². The summed E-state index contributed by atoms with van der Waals surface area (Å²) in [6, 6.07) is 0.165. The van der Waals surface area contributed by atoms with Gasteiger partial charge in [-0.3, -0.25) is 29.0 Å². The molecule has 0 saturated carbocycles. The highest BCUT2D eigenvalue weighted by Gasteiger charge is 2.58. The van der Waals surface area contributed by atoms with Gasteiger partial charge in [-0.1, -0.05) is 169 Å². The lowest BCUT2D eigenvalue weighted by Gasteiger charge is -2.52. The van der Waals surface area contributed by atoms with Gasteiger partial charge in [0.15, 0.2) is 0 Å². The Kier molecular flexibility index (Phi) is 26.1. The van der Waals surface area contributed by atoms with Crippen LogP contribution in [-0.2, 0) is 28.7 Å². The van der Waals surface area contributed by atoms with Crippen molar-refractivity contribution in [3.05, 3.63) is 0 Å². The van der Waals surface area contributed by atoms with Crippen LogP contribution < -0.4 is 0 Å². The van der Waals surface area contributed by atoms with Crippen molar-refractivity contribution < 1.29 is 38.9 Å². The number of unbranched alkanes of at least 4 members (excludes halogenated alkanes) is 20. The van der Waals surface area contributed by atoms with Crippen LogP contribution in [0.5, 0.6) is 0 Å². The van der Waals surface area contributed by atoms with E-state index in [0.717, 1.165) is 51.4 Å². The molecule has 0 radical (unpaired) electrons. The number of carboxylic acid groups (broad SMARTS) is 2. The molecule has 0 aliphatic carbocycles. The van der Waals surface area contributed by atoms with Gasteiger partial charge in [0.2, 0.25) is 0 Å². The van der Waals surface area contributed by atoms with Crippen molar-refractivity contribution in [3.8, 4) is 0 Å². The smallest absolute Gasteiger partial charge is 0.313 e. The minimum atomic E-state index is -1.67. The van der Waals surface area contributed by atoms with Gasteiger partial charge in [0.1, 0.15) is 12.2 Å². The number of carbonyl (C=O) groups excluding carboxylic acids is 2. The molecule has 374 valence electrons. The van der Waals surface area contributed by atoms with Crippen molar-refractivity contribution in [1.29, 1.82) is 0 Å². The second-order valence-corrected chi connectivity index (χ2v) is 22.1. The Bertz CT molecular complexity index is 1340. The monoisotopic (exact) mass is 905 g/mol. The van der Waals surface area contributed by atoms with E-state index < -0.39 is 59.8 Å². The Morgan fingerprint density at radius 1 is 0.562 bits per heavy atom. The third-order valence-corrected chi connectivity index (χ3v) is 16.6. The van der Waals surface area contributed by atoms with E-state index in [0.29, 0.717) is 25.7 Å². The Morgan fingerprint density at radius 2 is 0.891 bits per heavy atom. The summed E-state index contributed by atoms with van der Waals surface area (Å²) >= 11 is 0. The number of rotatable bonds is 33. The normalized spacial score (nSPS) is 24.8. The summed E-state index contributed by atoms with van der Waals surface area (Å²) in [6.45, 7) is 21.4. The number of likely N-dealkylation sites (tertiary alicyclic amines) is 2. The number of piperidine rings is 2. The summed E-state index contributed by atoms with van der Waals surface area (Å²) in [5.41, 5.74) is -2.17. The molecule has 0 bridgehead atoms. The fraction of sp³-hybridized carbons (Fsp3) is 0.926. The summed E-state index contributed by atoms with van der Waals surface area (Å²) in [5, 5.41) is 21.3. The van der Waals surface area contributed by atoms with Crippen LogP contribution >= 0.6 is 0 Å². The SMILES string of the molecule is CCCCCCCCCCCCCC(CCCCCCCCCCCCC)(C(=O)OC1CC(C)(C)N(C)C(C)C1C)C(C(=O)OC1CC(C)(C)N(C)C(C)C1C)C(CC(=O)O)C(=O)O. The second-order valence-electron chi connectivity index (χ2n) is 22.1. The van der Waals surface area contributed by atoms with Crippen molar-refractivity contribution in [3.63, 3.8) is 0 Å². The van der Waals surface area contributed by atoms with Gasteiger partial charge < -0.3 is 19.7 Å². The molecule has 2 fully saturated rings. The van der Waals surface area contributed by atoms with Gasteiger partial charge in [-0.2, -0.15) is 0 Å². The zero-order valence-electron chi connectivity index (χ0n) is 43.4. The van der Waals surface area contributed by atoms with Gasteiger partial charge in [0, 0.05) is 47.8 Å². The number of esters is 2. The number of ether oxygens (including phenoxy) is 2. The number of carboxylic acids is 2. The van der Waals surface area contributed by atoms with Crippen LogP contribution in [0.3, 0.4) is 0 Å². The van der Waals surface area contributed by atoms with Gasteiger partial charge >= 0.3 is 23.9 Å². The Hall–Kier alpha value is -2.20. The Morgan fingerprint density at radius 3 is 1.22 bits per heavy atom. The molecule has 8 atom stereocenters. The second kappa shape index (κ2) is 28.9. The predicted octanol–water partition coefficient (Wildman–Crippen LogP) is 13.3. The van der Waals surface area contributed by atoms with E-state index in [1.54, 1.807) is 0 Å². The molecular formula is C54H100N2O8. The standard InChI is InChI=1S/C54H100N2O8/c1-13-15-17-19-21-23-25-27-29-31-33-35-54(36-34-32-30-28-26-24-22-20-18-16-14-2,51(62)64-46-39-53(9,10)56(12)43(6)41(46)4)48(44(49(59)60)37-47(57)58)50(61)63-45-38-52(7,8)55(11)42(5)40(45)3/h40-46,48H,13-39H2,1-12H3,(H,57,58)(H,59,60). The summed E-state index contributed by atoms with van der Waals surface area (Å²) < 4.78 is 13.3. The topological polar surface area (TPSA) is 134 Å². The molecule has 0 amide bonds. The van der Waals surface area contributed by atoms with Gasteiger partial charge in [0.25, 0.3) is 0 Å². The molecule has 64 heavy (non-hydrogen) atoms. The zero-order valence-corrected chi connectivity index (χ0v) is 43.4. The molecule has 10 nitrogen and oxygen atoms in total. The van der Waals surface area contributed by atoms with Crippen LogP contribution in [0.4, 0.5) is 0 Å². The third kappa shape index (κ3) is 17.8. The van der Waals surface area contributed by atoms with Crippen LogP contribution in [0.1, 0.15) is 243 Å². The molecule has 0 spiro atoms. The molecular weight excluding hydrogens is 805 g/mol. The van der Waals surface area contributed by atoms with Gasteiger partial charge in [-0.15, -0.1) is 0 Å². The van der Waals surface area contributed by atoms with Gasteiger partial charge in [0.05, 0.1) is 23.7 Å². The molecule has 0 aromatic heterocycles. The molecule has 2 aliphatic heterocycles. The molecule has 2 heterocycles. The first-order valence-corrected chi connectivity index (χ1v) is 26.5. The van der Waals surface area contributed by atoms with E-state index >= 15 is 9.59 Å². The number of hydrogen-bond donors (Lipinski definition) is 2. The van der Waals surface area contributed by atoms with Crippen LogP contribution in [0.25, 0.3) is 0 Å². The molecule has 2 saturated heterocycles. The van der Waals surface area contributed by atoms with Crippen LogP contribution in [-0.4, -0.2) is 93.4 Å². The first-order valence-electron chi connectivity index (χ1n) is 26.5. The van der Waals surface area contributed by atoms with Crippen LogP contribution in [0, 0.1) is 29.1 Å². The van der Waals surface area contributed by atoms with Crippen molar-refractivity contribution in [2.45, 2.75) is 278 Å². The minimum absolute atomic E-state index is 0.0212. The summed E-state index contributed by atoms with van der Waals surface area (Å²) in [5.74, 6) is -7.34. The highest BCUT2D eigenvalue weighted by molar-refractivity contribution is 5.91. The van der Waals surface area contributed by atoms with Crippen LogP contribution in [0.15, 0.2) is 0 Å². The molecule has 2 rings (SSSR count). The van der Waals surface area contributed by atoms with Crippen molar-refractivity contribution >= 4 is 23.9 Å². The number of aliphatic carboxylic acids is 2. The molecule has 8 unspecified atom stereocenters. The van der Waals surface area contributed by atoms with E-state index in [1.165, 1.54) is 77.0 Å². The summed E-state index contributed by atoms with van der Waals surface area (Å²) in [7, 11) is 4.17. The van der Waals surface area contributed by atoms with Crippen molar-refractivity contribution in [2.75, 3.05) is 14.1 Å². The number of nitrogens with zero attached hydrogens (tertiary/aromatic N) is 2. The maximum atomic E-state index is 15.6. The zero-order chi connectivity index (χ0) is 48.1. The van der Waals surface area contributed by atoms with E-state index in [1.807, 2.05) is 0 Å². The molecule has 2 N–H and O–H groups in total. The van der Waals surface area contributed by atoms with E-state index in [4.69, 9.17) is 9.47 Å². The highest BCUT2D eigenvalue weighted by atomic mass is 16.6. The van der Waals surface area contributed by atoms with Gasteiger partial charge in [-0.25, -0.2) is 0 Å². The maximum absolute atomic E-state index is 15.6. The minimum Gasteiger partial charge on any atom is -0.481 e. The quantitative estimate of drug-likeness (QED) is 0.0484. The summed E-state index contributed by atoms with van der Waals surface area (Å²) in [4.78, 5) is 61.6. The van der Waals surface area contributed by atoms with Crippen LogP contribution in [0.2, 0.25) is 0 Å². The predicted molar refractivity (Wildman–Crippen MR) is 261 cm³/mol. The van der Waals surface area contributed by atoms with E-state index in [-0.39, 0.29) is 47.8 Å². The average molecular weight is 905 g/mol. The van der Waals surface area contributed by atoms with E-state index in [9.17, 15) is 19.8 Å². The lowest BCUT2D eigenvalue weighted by atomic mass is 9.63. The lowest BCUT2D eigenvalue weighted by molar-refractivity contribution is -0.194. The first-order chi connectivity index (χ1) is 30.2. The molecule has 10 heteroatoms. The molecule has 0 aromatic rings. The van der Waals surface area contributed by atoms with Crippen molar-refractivity contribution in [2.24, 2.45) is 29.1 Å². The van der Waals surface area contributed by atoms with E-state index in [2.05, 4.69) is 93.1 Å². The Balaban J connectivity index is 2.63. The first kappa shape index (κ1) is 57.9. The van der Waals surface area contributed by atoms with Gasteiger partial charge in [-0.05, 0) is 68.5 Å². The largest absolute Gasteiger partial charge is 0.481 e. The fourth-order valence-electron chi connectivity index (χ4n) is 11.1. The third-order valence-electron chi connectivity index (χ3n) is 16.6. The highest BCUT2D eigenvalue weighted by Crippen LogP contribution is 2.49. The molecule has 0 aromatic carbocycles.